The lowest BCUT2D eigenvalue weighted by molar-refractivity contribution is 0.283. The number of hydrogen-bond donors (Lipinski definition) is 0. The van der Waals surface area contributed by atoms with Crippen molar-refractivity contribution in [3.8, 4) is 6.07 Å². The summed E-state index contributed by atoms with van der Waals surface area (Å²) >= 11 is 0. The van der Waals surface area contributed by atoms with Crippen molar-refractivity contribution in [3.63, 3.8) is 0 Å². The van der Waals surface area contributed by atoms with Gasteiger partial charge in [-0.25, -0.2) is 0 Å². The van der Waals surface area contributed by atoms with Gasteiger partial charge in [-0.15, -0.1) is 0 Å². The van der Waals surface area contributed by atoms with Crippen LogP contribution in [0.25, 0.3) is 0 Å². The maximum absolute atomic E-state index is 8.69. The second-order valence-electron chi connectivity index (χ2n) is 5.13. The van der Waals surface area contributed by atoms with E-state index in [0.717, 1.165) is 31.6 Å². The smallest absolute Gasteiger partial charge is 0.0669 e. The molecule has 0 radical (unpaired) electrons. The summed E-state index contributed by atoms with van der Waals surface area (Å²) in [6.07, 6.45) is 5.22. The van der Waals surface area contributed by atoms with E-state index in [-0.39, 0.29) is 0 Å². The third-order valence-corrected chi connectivity index (χ3v) is 3.63. The third-order valence-electron chi connectivity index (χ3n) is 3.63. The molecule has 0 saturated carbocycles. The number of nitriles is 1. The summed E-state index contributed by atoms with van der Waals surface area (Å²) in [4.78, 5) is 6.48. The Balaban J connectivity index is 1.88. The van der Waals surface area contributed by atoms with Gasteiger partial charge in [0.15, 0.2) is 0 Å². The van der Waals surface area contributed by atoms with Gasteiger partial charge in [0.25, 0.3) is 0 Å². The molecule has 3 heteroatoms. The number of rotatable bonds is 7. The molecule has 0 N–H and O–H groups in total. The van der Waals surface area contributed by atoms with Gasteiger partial charge >= 0.3 is 0 Å². The highest BCUT2D eigenvalue weighted by Gasteiger charge is 2.04. The summed E-state index contributed by atoms with van der Waals surface area (Å²) in [5, 5.41) is 8.69. The Labute approximate surface area is 126 Å². The molecule has 0 saturated heterocycles. The van der Waals surface area contributed by atoms with Gasteiger partial charge in [0.05, 0.1) is 12.5 Å². The third kappa shape index (κ3) is 5.02. The van der Waals surface area contributed by atoms with Crippen molar-refractivity contribution in [2.75, 3.05) is 13.1 Å². The maximum atomic E-state index is 8.69. The largest absolute Gasteiger partial charge is 0.299 e. The minimum Gasteiger partial charge on any atom is -0.299 e. The Hall–Kier alpha value is -2.18. The zero-order valence-corrected chi connectivity index (χ0v) is 12.5. The first-order valence-electron chi connectivity index (χ1n) is 7.38. The zero-order chi connectivity index (χ0) is 14.9. The highest BCUT2D eigenvalue weighted by Crippen LogP contribution is 2.09. The van der Waals surface area contributed by atoms with Crippen LogP contribution < -0.4 is 0 Å². The van der Waals surface area contributed by atoms with Crippen molar-refractivity contribution in [2.24, 2.45) is 0 Å². The number of likely N-dealkylation sites (N-methyl/N-ethyl adjacent to an activating group) is 1. The van der Waals surface area contributed by atoms with Crippen LogP contribution in [-0.4, -0.2) is 23.0 Å². The molecule has 1 heterocycles. The summed E-state index contributed by atoms with van der Waals surface area (Å²) in [5.74, 6) is 0. The summed E-state index contributed by atoms with van der Waals surface area (Å²) < 4.78 is 0. The molecule has 0 fully saturated rings. The lowest BCUT2D eigenvalue weighted by Gasteiger charge is -2.20. The molecule has 0 atom stereocenters. The van der Waals surface area contributed by atoms with E-state index in [4.69, 9.17) is 5.26 Å². The van der Waals surface area contributed by atoms with E-state index < -0.39 is 0 Å². The van der Waals surface area contributed by atoms with Crippen LogP contribution in [0.2, 0.25) is 0 Å². The van der Waals surface area contributed by atoms with Gasteiger partial charge in [0.2, 0.25) is 0 Å². The minimum absolute atomic E-state index is 0.486. The highest BCUT2D eigenvalue weighted by molar-refractivity contribution is 5.24. The Bertz CT molecular complexity index is 570. The molecule has 0 spiro atoms. The van der Waals surface area contributed by atoms with Crippen molar-refractivity contribution < 1.29 is 0 Å². The number of nitrogens with zero attached hydrogens (tertiary/aromatic N) is 3. The van der Waals surface area contributed by atoms with Crippen molar-refractivity contribution in [1.29, 1.82) is 5.26 Å². The van der Waals surface area contributed by atoms with Crippen molar-refractivity contribution in [2.45, 2.75) is 26.3 Å². The number of benzene rings is 1. The van der Waals surface area contributed by atoms with Crippen LogP contribution in [0.1, 0.15) is 23.6 Å². The van der Waals surface area contributed by atoms with Crippen LogP contribution in [0.15, 0.2) is 48.8 Å². The predicted octanol–water partition coefficient (Wildman–Crippen LogP) is 3.21. The lowest BCUT2D eigenvalue weighted by atomic mass is 10.1. The van der Waals surface area contributed by atoms with Gasteiger partial charge in [-0.1, -0.05) is 31.2 Å². The fourth-order valence-electron chi connectivity index (χ4n) is 2.30. The van der Waals surface area contributed by atoms with Gasteiger partial charge in [0, 0.05) is 25.5 Å². The van der Waals surface area contributed by atoms with Gasteiger partial charge < -0.3 is 0 Å². The summed E-state index contributed by atoms with van der Waals surface area (Å²) in [6.45, 7) is 5.22. The van der Waals surface area contributed by atoms with Gasteiger partial charge in [-0.2, -0.15) is 5.26 Å². The second-order valence-corrected chi connectivity index (χ2v) is 5.13. The van der Waals surface area contributed by atoms with E-state index >= 15 is 0 Å². The average Bonchev–Trinajstić information content (AvgIpc) is 2.54. The zero-order valence-electron chi connectivity index (χ0n) is 12.5. The Kier molecular flexibility index (Phi) is 5.93. The molecule has 0 aliphatic rings. The van der Waals surface area contributed by atoms with Crippen LogP contribution in [0.5, 0.6) is 0 Å². The molecule has 0 aliphatic carbocycles. The van der Waals surface area contributed by atoms with Gasteiger partial charge in [-0.3, -0.25) is 9.88 Å². The average molecular weight is 279 g/mol. The molecule has 1 aromatic heterocycles. The molecule has 1 aromatic carbocycles. The van der Waals surface area contributed by atoms with Crippen LogP contribution in [-0.2, 0) is 19.4 Å². The lowest BCUT2D eigenvalue weighted by Crippen LogP contribution is -2.25. The van der Waals surface area contributed by atoms with E-state index in [1.165, 1.54) is 11.1 Å². The molecule has 3 nitrogen and oxygen atoms in total. The molecular formula is C18H21N3. The molecule has 108 valence electrons. The maximum Gasteiger partial charge on any atom is 0.0669 e. The Morgan fingerprint density at radius 1 is 1.00 bits per heavy atom. The minimum atomic E-state index is 0.486. The van der Waals surface area contributed by atoms with Crippen LogP contribution in [0, 0.1) is 11.3 Å². The first-order valence-corrected chi connectivity index (χ1v) is 7.38. The Morgan fingerprint density at radius 2 is 1.67 bits per heavy atom. The monoisotopic (exact) mass is 279 g/mol. The van der Waals surface area contributed by atoms with Crippen LogP contribution in [0.4, 0.5) is 0 Å². The summed E-state index contributed by atoms with van der Waals surface area (Å²) in [7, 11) is 0. The SMILES string of the molecule is CCN(CCc1ccncc1)Cc1ccc(CC#N)cc1. The quantitative estimate of drug-likeness (QED) is 0.781. The highest BCUT2D eigenvalue weighted by atomic mass is 15.1. The Morgan fingerprint density at radius 3 is 2.29 bits per heavy atom. The normalized spacial score (nSPS) is 10.5. The topological polar surface area (TPSA) is 39.9 Å². The molecule has 0 bridgehead atoms. The summed E-state index contributed by atoms with van der Waals surface area (Å²) in [6, 6.07) is 14.7. The second kappa shape index (κ2) is 8.18. The van der Waals surface area contributed by atoms with Gasteiger partial charge in [0.1, 0.15) is 0 Å². The standard InChI is InChI=1S/C18H21N3/c1-2-21(14-10-17-8-12-20-13-9-17)15-18-5-3-16(4-6-18)7-11-19/h3-6,8-9,12-13H,2,7,10,14-15H2,1H3. The van der Waals surface area contributed by atoms with Crippen molar-refractivity contribution in [3.05, 3.63) is 65.5 Å². The van der Waals surface area contributed by atoms with Crippen LogP contribution >= 0.6 is 0 Å². The van der Waals surface area contributed by atoms with Gasteiger partial charge in [-0.05, 0) is 41.8 Å². The molecule has 2 rings (SSSR count). The molecule has 0 unspecified atom stereocenters. The van der Waals surface area contributed by atoms with E-state index in [2.05, 4.69) is 59.3 Å². The molecule has 0 aliphatic heterocycles. The van der Waals surface area contributed by atoms with E-state index in [1.807, 2.05) is 12.4 Å². The van der Waals surface area contributed by atoms with Crippen LogP contribution in [0.3, 0.4) is 0 Å². The van der Waals surface area contributed by atoms with E-state index in [1.54, 1.807) is 0 Å². The van der Waals surface area contributed by atoms with Crippen molar-refractivity contribution >= 4 is 0 Å². The molecular weight excluding hydrogens is 258 g/mol. The van der Waals surface area contributed by atoms with E-state index in [0.29, 0.717) is 6.42 Å². The van der Waals surface area contributed by atoms with Crippen molar-refractivity contribution in [1.82, 2.24) is 9.88 Å². The molecule has 2 aromatic rings. The number of pyridine rings is 1. The first kappa shape index (κ1) is 15.2. The fraction of sp³-hybridized carbons (Fsp3) is 0.333. The number of hydrogen-bond acceptors (Lipinski definition) is 3. The molecule has 21 heavy (non-hydrogen) atoms. The first-order chi connectivity index (χ1) is 10.3. The van der Waals surface area contributed by atoms with E-state index in [9.17, 15) is 0 Å². The molecule has 0 amide bonds. The number of aromatic nitrogens is 1. The summed E-state index contributed by atoms with van der Waals surface area (Å²) in [5.41, 5.74) is 3.71. The predicted molar refractivity (Wildman–Crippen MR) is 84.7 cm³/mol. The fourth-order valence-corrected chi connectivity index (χ4v) is 2.30.